The van der Waals surface area contributed by atoms with E-state index in [0.29, 0.717) is 37.6 Å². The van der Waals surface area contributed by atoms with E-state index in [-0.39, 0.29) is 16.7 Å². The number of amides is 1. The highest BCUT2D eigenvalue weighted by molar-refractivity contribution is 7.89. The van der Waals surface area contributed by atoms with E-state index in [1.165, 1.54) is 4.31 Å². The minimum Gasteiger partial charge on any atom is -0.493 e. The summed E-state index contributed by atoms with van der Waals surface area (Å²) < 4.78 is 38.6. The highest BCUT2D eigenvalue weighted by atomic mass is 32.2. The summed E-state index contributed by atoms with van der Waals surface area (Å²) in [6, 6.07) is 10.7. The molecule has 8 heteroatoms. The zero-order chi connectivity index (χ0) is 22.8. The molecule has 7 nitrogen and oxygen atoms in total. The third-order valence-electron chi connectivity index (χ3n) is 5.84. The summed E-state index contributed by atoms with van der Waals surface area (Å²) >= 11 is 0. The van der Waals surface area contributed by atoms with E-state index in [0.717, 1.165) is 16.7 Å². The van der Waals surface area contributed by atoms with Crippen molar-refractivity contribution < 1.29 is 22.7 Å². The molecule has 0 aliphatic carbocycles. The van der Waals surface area contributed by atoms with Crippen molar-refractivity contribution in [3.63, 3.8) is 0 Å². The highest BCUT2D eigenvalue weighted by Gasteiger charge is 2.31. The largest absolute Gasteiger partial charge is 0.493 e. The second-order valence-electron chi connectivity index (χ2n) is 7.58. The lowest BCUT2D eigenvalue weighted by atomic mass is 9.89. The quantitative estimate of drug-likeness (QED) is 0.622. The predicted molar refractivity (Wildman–Crippen MR) is 120 cm³/mol. The van der Waals surface area contributed by atoms with Crippen LogP contribution in [-0.2, 0) is 14.8 Å². The van der Waals surface area contributed by atoms with Crippen LogP contribution < -0.4 is 9.47 Å². The third-order valence-corrected chi connectivity index (χ3v) is 7.89. The molecule has 1 atom stereocenters. The normalized spacial score (nSPS) is 16.8. The average Bonchev–Trinajstić information content (AvgIpc) is 3.11. The number of nitrogens with zero attached hydrogens (tertiary/aromatic N) is 2. The number of carbonyl (C=O) groups is 1. The van der Waals surface area contributed by atoms with Crippen molar-refractivity contribution in [1.29, 1.82) is 0 Å². The zero-order valence-electron chi connectivity index (χ0n) is 18.7. The maximum absolute atomic E-state index is 13.2. The first-order chi connectivity index (χ1) is 14.8. The molecule has 1 fully saturated rings. The first-order valence-electron chi connectivity index (χ1n) is 10.4. The Hall–Kier alpha value is -2.58. The first kappa shape index (κ1) is 23.1. The molecule has 1 saturated heterocycles. The van der Waals surface area contributed by atoms with Crippen LogP contribution in [0.25, 0.3) is 11.1 Å². The summed E-state index contributed by atoms with van der Waals surface area (Å²) in [4.78, 5) is 14.1. The molecule has 1 aliphatic heterocycles. The number of carbonyl (C=O) groups excluding carboxylic acids is 1. The number of sulfonamides is 1. The fraction of sp³-hybridized carbons (Fsp3) is 0.435. The Morgan fingerprint density at radius 2 is 1.71 bits per heavy atom. The predicted octanol–water partition coefficient (Wildman–Crippen LogP) is 3.35. The monoisotopic (exact) mass is 446 g/mol. The molecular formula is C23H30N2O5S. The number of likely N-dealkylation sites (N-methyl/N-ethyl adjacent to an activating group) is 1. The van der Waals surface area contributed by atoms with Crippen molar-refractivity contribution in [1.82, 2.24) is 9.21 Å². The molecule has 3 rings (SSSR count). The van der Waals surface area contributed by atoms with Crippen LogP contribution in [-0.4, -0.2) is 64.4 Å². The van der Waals surface area contributed by atoms with E-state index in [1.807, 2.05) is 32.0 Å². The van der Waals surface area contributed by atoms with E-state index in [4.69, 9.17) is 9.47 Å². The van der Waals surface area contributed by atoms with Gasteiger partial charge in [-0.05, 0) is 41.0 Å². The summed E-state index contributed by atoms with van der Waals surface area (Å²) in [5, 5.41) is 0. The average molecular weight is 447 g/mol. The summed E-state index contributed by atoms with van der Waals surface area (Å²) in [6.45, 7) is 5.04. The van der Waals surface area contributed by atoms with Crippen molar-refractivity contribution >= 4 is 15.9 Å². The summed E-state index contributed by atoms with van der Waals surface area (Å²) in [6.07, 6.45) is 0.402. The zero-order valence-corrected chi connectivity index (χ0v) is 19.5. The van der Waals surface area contributed by atoms with Crippen molar-refractivity contribution in [3.8, 4) is 22.6 Å². The molecular weight excluding hydrogens is 416 g/mol. The van der Waals surface area contributed by atoms with Crippen molar-refractivity contribution in [2.45, 2.75) is 31.1 Å². The van der Waals surface area contributed by atoms with Crippen LogP contribution in [0, 0.1) is 0 Å². The van der Waals surface area contributed by atoms with E-state index in [9.17, 15) is 13.2 Å². The van der Waals surface area contributed by atoms with Crippen LogP contribution in [0.2, 0.25) is 0 Å². The number of methoxy groups -OCH3 is 2. The van der Waals surface area contributed by atoms with Crippen molar-refractivity contribution in [3.05, 3.63) is 42.0 Å². The smallest absolute Gasteiger partial charge is 0.243 e. The Balaban J connectivity index is 2.19. The van der Waals surface area contributed by atoms with E-state index >= 15 is 0 Å². The van der Waals surface area contributed by atoms with Gasteiger partial charge in [-0.1, -0.05) is 26.0 Å². The van der Waals surface area contributed by atoms with Gasteiger partial charge in [0, 0.05) is 39.0 Å². The van der Waals surface area contributed by atoms with Gasteiger partial charge in [0.2, 0.25) is 15.9 Å². The standard InChI is InChI=1S/C23H30N2O5S/c1-6-25(7-2)31(27,28)18-9-10-19(17-13-23(26)24(3)15-17)20(14-18)16-8-11-21(29-4)22(12-16)30-5/h8-12,14,17H,6-7,13,15H2,1-5H3/t17-/m0/s1. The van der Waals surface area contributed by atoms with Gasteiger partial charge in [0.05, 0.1) is 19.1 Å². The molecule has 1 amide bonds. The molecule has 168 valence electrons. The SMILES string of the molecule is CCN(CC)S(=O)(=O)c1ccc([C@H]2CC(=O)N(C)C2)c(-c2ccc(OC)c(OC)c2)c1. The van der Waals surface area contributed by atoms with Gasteiger partial charge < -0.3 is 14.4 Å². The maximum Gasteiger partial charge on any atom is 0.243 e. The Bertz CT molecular complexity index is 1060. The van der Waals surface area contributed by atoms with Gasteiger partial charge in [-0.25, -0.2) is 8.42 Å². The number of hydrogen-bond donors (Lipinski definition) is 0. The van der Waals surface area contributed by atoms with Gasteiger partial charge in [0.25, 0.3) is 0 Å². The van der Waals surface area contributed by atoms with Gasteiger partial charge in [-0.2, -0.15) is 4.31 Å². The molecule has 2 aromatic carbocycles. The third kappa shape index (κ3) is 4.41. The first-order valence-corrected chi connectivity index (χ1v) is 11.8. The van der Waals surface area contributed by atoms with E-state index in [2.05, 4.69) is 0 Å². The minimum absolute atomic E-state index is 0.00851. The van der Waals surface area contributed by atoms with Crippen LogP contribution in [0.5, 0.6) is 11.5 Å². The lowest BCUT2D eigenvalue weighted by molar-refractivity contribution is -0.126. The van der Waals surface area contributed by atoms with E-state index < -0.39 is 10.0 Å². The van der Waals surface area contributed by atoms with Gasteiger partial charge >= 0.3 is 0 Å². The summed E-state index contributed by atoms with van der Waals surface area (Å²) in [7, 11) is 1.30. The van der Waals surface area contributed by atoms with Crippen molar-refractivity contribution in [2.24, 2.45) is 0 Å². The number of likely N-dealkylation sites (tertiary alicyclic amines) is 1. The second-order valence-corrected chi connectivity index (χ2v) is 9.52. The van der Waals surface area contributed by atoms with Gasteiger partial charge in [0.15, 0.2) is 11.5 Å². The highest BCUT2D eigenvalue weighted by Crippen LogP contribution is 2.39. The number of rotatable bonds is 8. The van der Waals surface area contributed by atoms with Crippen LogP contribution in [0.15, 0.2) is 41.3 Å². The van der Waals surface area contributed by atoms with Gasteiger partial charge in [-0.3, -0.25) is 4.79 Å². The molecule has 0 radical (unpaired) electrons. The Morgan fingerprint density at radius 1 is 1.03 bits per heavy atom. The lowest BCUT2D eigenvalue weighted by Gasteiger charge is -2.21. The van der Waals surface area contributed by atoms with Gasteiger partial charge in [0.1, 0.15) is 0 Å². The fourth-order valence-corrected chi connectivity index (χ4v) is 5.57. The molecule has 0 aromatic heterocycles. The molecule has 31 heavy (non-hydrogen) atoms. The lowest BCUT2D eigenvalue weighted by Crippen LogP contribution is -2.30. The summed E-state index contributed by atoms with van der Waals surface area (Å²) in [5.41, 5.74) is 2.54. The van der Waals surface area contributed by atoms with E-state index in [1.54, 1.807) is 44.4 Å². The van der Waals surface area contributed by atoms with Crippen LogP contribution in [0.1, 0.15) is 31.7 Å². The summed E-state index contributed by atoms with van der Waals surface area (Å²) in [5.74, 6) is 1.23. The molecule has 0 bridgehead atoms. The second kappa shape index (κ2) is 9.28. The van der Waals surface area contributed by atoms with Crippen LogP contribution >= 0.6 is 0 Å². The molecule has 0 unspecified atom stereocenters. The minimum atomic E-state index is -3.62. The number of ether oxygens (including phenoxy) is 2. The Morgan fingerprint density at radius 3 is 2.26 bits per heavy atom. The molecule has 0 N–H and O–H groups in total. The molecule has 1 aliphatic rings. The molecule has 1 heterocycles. The number of benzene rings is 2. The number of hydrogen-bond acceptors (Lipinski definition) is 5. The fourth-order valence-electron chi connectivity index (χ4n) is 4.09. The Labute approximate surface area is 184 Å². The van der Waals surface area contributed by atoms with Crippen LogP contribution in [0.4, 0.5) is 0 Å². The molecule has 0 saturated carbocycles. The van der Waals surface area contributed by atoms with Crippen molar-refractivity contribution in [2.75, 3.05) is 40.9 Å². The topological polar surface area (TPSA) is 76.2 Å². The maximum atomic E-state index is 13.2. The molecule has 0 spiro atoms. The molecule has 2 aromatic rings. The Kier molecular flexibility index (Phi) is 6.91. The van der Waals surface area contributed by atoms with Gasteiger partial charge in [-0.15, -0.1) is 0 Å². The van der Waals surface area contributed by atoms with Crippen LogP contribution in [0.3, 0.4) is 0 Å².